The molecule has 0 atom stereocenters. The lowest BCUT2D eigenvalue weighted by Crippen LogP contribution is -2.28. The second-order valence-corrected chi connectivity index (χ2v) is 5.14. The van der Waals surface area contributed by atoms with Gasteiger partial charge in [-0.2, -0.15) is 0 Å². The van der Waals surface area contributed by atoms with Gasteiger partial charge >= 0.3 is 0 Å². The molecule has 1 amide bonds. The molecule has 0 radical (unpaired) electrons. The molecule has 4 heteroatoms. The van der Waals surface area contributed by atoms with Gasteiger partial charge in [-0.3, -0.25) is 4.79 Å². The zero-order valence-corrected chi connectivity index (χ0v) is 11.9. The number of anilines is 1. The first-order valence-corrected chi connectivity index (χ1v) is 6.81. The first-order chi connectivity index (χ1) is 9.69. The number of ether oxygens (including phenoxy) is 1. The summed E-state index contributed by atoms with van der Waals surface area (Å²) in [4.78, 5) is 14.3. The van der Waals surface area contributed by atoms with Gasteiger partial charge in [0.2, 0.25) is 0 Å². The number of benzene rings is 2. The monoisotopic (exact) mass is 287 g/mol. The van der Waals surface area contributed by atoms with Gasteiger partial charge in [0.15, 0.2) is 0 Å². The van der Waals surface area contributed by atoms with Crippen LogP contribution < -0.4 is 9.64 Å². The van der Waals surface area contributed by atoms with Crippen molar-refractivity contribution in [3.05, 3.63) is 58.6 Å². The van der Waals surface area contributed by atoms with Crippen LogP contribution in [0.2, 0.25) is 5.02 Å². The number of hydrogen-bond donors (Lipinski definition) is 0. The van der Waals surface area contributed by atoms with Crippen molar-refractivity contribution in [2.45, 2.75) is 6.42 Å². The number of carbonyl (C=O) groups is 1. The van der Waals surface area contributed by atoms with Crippen LogP contribution in [0.15, 0.2) is 42.5 Å². The van der Waals surface area contributed by atoms with Gasteiger partial charge in [0.25, 0.3) is 5.91 Å². The van der Waals surface area contributed by atoms with Crippen LogP contribution in [0.5, 0.6) is 5.75 Å². The van der Waals surface area contributed by atoms with E-state index in [0.717, 1.165) is 23.4 Å². The summed E-state index contributed by atoms with van der Waals surface area (Å²) in [6.45, 7) is 0.695. The lowest BCUT2D eigenvalue weighted by atomic mass is 10.1. The first-order valence-electron chi connectivity index (χ1n) is 6.43. The second-order valence-electron chi connectivity index (χ2n) is 4.71. The van der Waals surface area contributed by atoms with Crippen LogP contribution in [0, 0.1) is 0 Å². The highest BCUT2D eigenvalue weighted by atomic mass is 35.5. The third kappa shape index (κ3) is 2.25. The zero-order chi connectivity index (χ0) is 14.1. The van der Waals surface area contributed by atoms with E-state index in [1.54, 1.807) is 36.3 Å². The van der Waals surface area contributed by atoms with Crippen molar-refractivity contribution in [2.24, 2.45) is 0 Å². The van der Waals surface area contributed by atoms with Crippen LogP contribution in [0.3, 0.4) is 0 Å². The van der Waals surface area contributed by atoms with Crippen LogP contribution >= 0.6 is 11.6 Å². The Bertz CT molecular complexity index is 652. The summed E-state index contributed by atoms with van der Waals surface area (Å²) >= 11 is 5.98. The van der Waals surface area contributed by atoms with Crippen LogP contribution in [0.25, 0.3) is 0 Å². The Morgan fingerprint density at radius 1 is 1.20 bits per heavy atom. The van der Waals surface area contributed by atoms with Crippen molar-refractivity contribution >= 4 is 23.2 Å². The molecule has 2 aromatic rings. The Balaban J connectivity index is 1.89. The van der Waals surface area contributed by atoms with E-state index in [-0.39, 0.29) is 5.91 Å². The maximum Gasteiger partial charge on any atom is 0.258 e. The fourth-order valence-corrected chi connectivity index (χ4v) is 2.67. The molecular formula is C16H14ClNO2. The van der Waals surface area contributed by atoms with E-state index in [9.17, 15) is 4.79 Å². The van der Waals surface area contributed by atoms with Crippen LogP contribution in [0.1, 0.15) is 15.9 Å². The zero-order valence-electron chi connectivity index (χ0n) is 11.1. The molecule has 1 aliphatic rings. The quantitative estimate of drug-likeness (QED) is 0.845. The molecule has 2 aromatic carbocycles. The number of halogens is 1. The second kappa shape index (κ2) is 5.17. The van der Waals surface area contributed by atoms with Gasteiger partial charge < -0.3 is 9.64 Å². The normalized spacial score (nSPS) is 13.2. The fourth-order valence-electron chi connectivity index (χ4n) is 2.47. The van der Waals surface area contributed by atoms with Gasteiger partial charge in [0, 0.05) is 22.8 Å². The van der Waals surface area contributed by atoms with E-state index in [2.05, 4.69) is 0 Å². The summed E-state index contributed by atoms with van der Waals surface area (Å²) < 4.78 is 5.10. The van der Waals surface area contributed by atoms with Crippen LogP contribution in [-0.4, -0.2) is 19.6 Å². The van der Waals surface area contributed by atoms with E-state index < -0.39 is 0 Å². The molecule has 0 unspecified atom stereocenters. The molecule has 0 fully saturated rings. The van der Waals surface area contributed by atoms with E-state index in [1.807, 2.05) is 18.2 Å². The molecule has 1 aliphatic heterocycles. The van der Waals surface area contributed by atoms with Crippen molar-refractivity contribution in [3.8, 4) is 5.75 Å². The van der Waals surface area contributed by atoms with Gasteiger partial charge in [-0.25, -0.2) is 0 Å². The minimum atomic E-state index is 0.00808. The van der Waals surface area contributed by atoms with Gasteiger partial charge in [0.1, 0.15) is 5.75 Å². The maximum atomic E-state index is 12.5. The molecule has 3 rings (SSSR count). The van der Waals surface area contributed by atoms with E-state index in [1.165, 1.54) is 0 Å². The largest absolute Gasteiger partial charge is 0.497 e. The van der Waals surface area contributed by atoms with Crippen molar-refractivity contribution in [3.63, 3.8) is 0 Å². The molecule has 20 heavy (non-hydrogen) atoms. The van der Waals surface area contributed by atoms with E-state index >= 15 is 0 Å². The lowest BCUT2D eigenvalue weighted by molar-refractivity contribution is 0.0989. The molecule has 3 nitrogen and oxygen atoms in total. The molecule has 0 N–H and O–H groups in total. The van der Waals surface area contributed by atoms with E-state index in [0.29, 0.717) is 17.1 Å². The summed E-state index contributed by atoms with van der Waals surface area (Å²) in [5.74, 6) is 0.754. The third-order valence-electron chi connectivity index (χ3n) is 3.52. The third-order valence-corrected chi connectivity index (χ3v) is 3.75. The fraction of sp³-hybridized carbons (Fsp3) is 0.188. The van der Waals surface area contributed by atoms with Crippen molar-refractivity contribution in [2.75, 3.05) is 18.6 Å². The summed E-state index contributed by atoms with van der Waals surface area (Å²) in [7, 11) is 1.61. The Morgan fingerprint density at radius 2 is 1.95 bits per heavy atom. The summed E-state index contributed by atoms with van der Waals surface area (Å²) in [6, 6.07) is 12.8. The number of amides is 1. The molecule has 0 spiro atoms. The highest BCUT2D eigenvalue weighted by molar-refractivity contribution is 6.30. The summed E-state index contributed by atoms with van der Waals surface area (Å²) in [5, 5.41) is 0.711. The smallest absolute Gasteiger partial charge is 0.258 e. The van der Waals surface area contributed by atoms with Gasteiger partial charge in [-0.05, 0) is 54.4 Å². The van der Waals surface area contributed by atoms with Crippen molar-refractivity contribution < 1.29 is 9.53 Å². The average molecular weight is 288 g/mol. The predicted octanol–water partition coefficient (Wildman–Crippen LogP) is 3.55. The molecule has 0 saturated heterocycles. The number of fused-ring (bicyclic) bond motifs is 1. The molecule has 1 heterocycles. The first kappa shape index (κ1) is 13.0. The van der Waals surface area contributed by atoms with E-state index in [4.69, 9.17) is 16.3 Å². The van der Waals surface area contributed by atoms with Gasteiger partial charge in [0.05, 0.1) is 7.11 Å². The summed E-state index contributed by atoms with van der Waals surface area (Å²) in [6.07, 6.45) is 0.845. The molecule has 102 valence electrons. The van der Waals surface area contributed by atoms with Crippen LogP contribution in [0.4, 0.5) is 5.69 Å². The summed E-state index contributed by atoms with van der Waals surface area (Å²) in [5.41, 5.74) is 2.74. The number of rotatable bonds is 2. The molecule has 0 aliphatic carbocycles. The molecule has 0 bridgehead atoms. The number of hydrogen-bond acceptors (Lipinski definition) is 2. The van der Waals surface area contributed by atoms with Crippen molar-refractivity contribution in [1.29, 1.82) is 0 Å². The SMILES string of the molecule is COc1ccc(C(=O)N2CCc3cc(Cl)ccc32)cc1. The lowest BCUT2D eigenvalue weighted by Gasteiger charge is -2.17. The number of carbonyl (C=O) groups excluding carboxylic acids is 1. The number of nitrogens with zero attached hydrogens (tertiary/aromatic N) is 1. The predicted molar refractivity (Wildman–Crippen MR) is 79.8 cm³/mol. The molecule has 0 saturated carbocycles. The standard InChI is InChI=1S/C16H14ClNO2/c1-20-14-5-2-11(3-6-14)16(19)18-9-8-12-10-13(17)4-7-15(12)18/h2-7,10H,8-9H2,1H3. The number of methoxy groups -OCH3 is 1. The Kier molecular flexibility index (Phi) is 3.36. The molecular weight excluding hydrogens is 274 g/mol. The Morgan fingerprint density at radius 3 is 2.65 bits per heavy atom. The van der Waals surface area contributed by atoms with Crippen molar-refractivity contribution in [1.82, 2.24) is 0 Å². The molecule has 0 aromatic heterocycles. The van der Waals surface area contributed by atoms with Gasteiger partial charge in [-0.15, -0.1) is 0 Å². The minimum Gasteiger partial charge on any atom is -0.497 e. The van der Waals surface area contributed by atoms with Gasteiger partial charge in [-0.1, -0.05) is 11.6 Å². The topological polar surface area (TPSA) is 29.5 Å². The van der Waals surface area contributed by atoms with Crippen LogP contribution in [-0.2, 0) is 6.42 Å². The average Bonchev–Trinajstić information content (AvgIpc) is 2.89. The maximum absolute atomic E-state index is 12.5. The minimum absolute atomic E-state index is 0.00808. The highest BCUT2D eigenvalue weighted by Crippen LogP contribution is 2.31. The Hall–Kier alpha value is -2.00. The highest BCUT2D eigenvalue weighted by Gasteiger charge is 2.25. The Labute approximate surface area is 122 Å².